The highest BCUT2D eigenvalue weighted by molar-refractivity contribution is 7.89. The van der Waals surface area contributed by atoms with Crippen molar-refractivity contribution in [1.82, 2.24) is 4.31 Å². The SMILES string of the molecule is CCCCS(=O)(=O)N1CC[C@H](CN)C1. The summed E-state index contributed by atoms with van der Waals surface area (Å²) in [5.41, 5.74) is 5.52. The number of unbranched alkanes of at least 4 members (excludes halogenated alkanes) is 1. The second-order valence-electron chi connectivity index (χ2n) is 3.92. The number of rotatable bonds is 5. The molecular weight excluding hydrogens is 200 g/mol. The van der Waals surface area contributed by atoms with Crippen molar-refractivity contribution in [2.45, 2.75) is 26.2 Å². The summed E-state index contributed by atoms with van der Waals surface area (Å²) in [6.07, 6.45) is 2.60. The van der Waals surface area contributed by atoms with Gasteiger partial charge in [-0.05, 0) is 25.3 Å². The molecule has 2 N–H and O–H groups in total. The van der Waals surface area contributed by atoms with Gasteiger partial charge in [-0.2, -0.15) is 0 Å². The predicted molar refractivity (Wildman–Crippen MR) is 57.4 cm³/mol. The van der Waals surface area contributed by atoms with Gasteiger partial charge in [0.2, 0.25) is 10.0 Å². The van der Waals surface area contributed by atoms with Crippen LogP contribution in [0.3, 0.4) is 0 Å². The van der Waals surface area contributed by atoms with Gasteiger partial charge < -0.3 is 5.73 Å². The van der Waals surface area contributed by atoms with E-state index in [9.17, 15) is 8.42 Å². The monoisotopic (exact) mass is 220 g/mol. The highest BCUT2D eigenvalue weighted by Gasteiger charge is 2.29. The van der Waals surface area contributed by atoms with Gasteiger partial charge in [0.1, 0.15) is 0 Å². The first-order valence-corrected chi connectivity index (χ1v) is 6.89. The van der Waals surface area contributed by atoms with E-state index in [0.717, 1.165) is 19.3 Å². The van der Waals surface area contributed by atoms with Crippen molar-refractivity contribution >= 4 is 10.0 Å². The Morgan fingerprint density at radius 2 is 2.21 bits per heavy atom. The molecule has 4 nitrogen and oxygen atoms in total. The number of hydrogen-bond donors (Lipinski definition) is 1. The first-order chi connectivity index (χ1) is 6.60. The molecule has 1 saturated heterocycles. The Hall–Kier alpha value is -0.130. The Labute approximate surface area is 86.5 Å². The molecular formula is C9H20N2O2S. The number of sulfonamides is 1. The molecule has 5 heteroatoms. The zero-order valence-electron chi connectivity index (χ0n) is 8.78. The molecule has 0 spiro atoms. The molecule has 0 saturated carbocycles. The summed E-state index contributed by atoms with van der Waals surface area (Å²) in [5, 5.41) is 0. The molecule has 0 aliphatic carbocycles. The molecule has 1 aliphatic rings. The number of nitrogens with two attached hydrogens (primary N) is 1. The first kappa shape index (κ1) is 11.9. The van der Waals surface area contributed by atoms with Gasteiger partial charge in [0, 0.05) is 13.1 Å². The predicted octanol–water partition coefficient (Wildman–Crippen LogP) is 0.397. The highest BCUT2D eigenvalue weighted by Crippen LogP contribution is 2.19. The van der Waals surface area contributed by atoms with Crippen LogP contribution < -0.4 is 5.73 Å². The van der Waals surface area contributed by atoms with Gasteiger partial charge >= 0.3 is 0 Å². The Balaban J connectivity index is 2.49. The lowest BCUT2D eigenvalue weighted by molar-refractivity contribution is 0.457. The average molecular weight is 220 g/mol. The van der Waals surface area contributed by atoms with Gasteiger partial charge in [-0.1, -0.05) is 13.3 Å². The van der Waals surface area contributed by atoms with Crippen LogP contribution in [0.5, 0.6) is 0 Å². The summed E-state index contributed by atoms with van der Waals surface area (Å²) in [7, 11) is -2.99. The van der Waals surface area contributed by atoms with Gasteiger partial charge in [0.15, 0.2) is 0 Å². The Morgan fingerprint density at radius 1 is 1.50 bits per heavy atom. The largest absolute Gasteiger partial charge is 0.330 e. The molecule has 1 atom stereocenters. The standard InChI is InChI=1S/C9H20N2O2S/c1-2-3-6-14(12,13)11-5-4-9(7-10)8-11/h9H,2-8,10H2,1H3/t9-/m1/s1. The van der Waals surface area contributed by atoms with Crippen molar-refractivity contribution in [3.63, 3.8) is 0 Å². The quantitative estimate of drug-likeness (QED) is 0.729. The Bertz CT molecular complexity index is 264. The van der Waals surface area contributed by atoms with Gasteiger partial charge in [-0.25, -0.2) is 12.7 Å². The van der Waals surface area contributed by atoms with Crippen molar-refractivity contribution in [1.29, 1.82) is 0 Å². The fraction of sp³-hybridized carbons (Fsp3) is 1.00. The first-order valence-electron chi connectivity index (χ1n) is 5.28. The van der Waals surface area contributed by atoms with Crippen LogP contribution in [0.1, 0.15) is 26.2 Å². The lowest BCUT2D eigenvalue weighted by Gasteiger charge is -2.15. The summed E-state index contributed by atoms with van der Waals surface area (Å²) in [5.74, 6) is 0.659. The molecule has 0 unspecified atom stereocenters. The summed E-state index contributed by atoms with van der Waals surface area (Å²) in [6, 6.07) is 0. The van der Waals surface area contributed by atoms with Gasteiger partial charge in [-0.3, -0.25) is 0 Å². The zero-order chi connectivity index (χ0) is 10.6. The van der Waals surface area contributed by atoms with Crippen LogP contribution in [0.2, 0.25) is 0 Å². The molecule has 1 rings (SSSR count). The second-order valence-corrected chi connectivity index (χ2v) is 6.01. The van der Waals surface area contributed by atoms with Crippen molar-refractivity contribution in [2.24, 2.45) is 11.7 Å². The third-order valence-electron chi connectivity index (χ3n) is 2.73. The fourth-order valence-corrected chi connectivity index (χ4v) is 3.43. The van der Waals surface area contributed by atoms with Crippen LogP contribution in [-0.4, -0.2) is 38.1 Å². The topological polar surface area (TPSA) is 63.4 Å². The maximum atomic E-state index is 11.7. The lowest BCUT2D eigenvalue weighted by Crippen LogP contribution is -2.31. The molecule has 1 heterocycles. The van der Waals surface area contributed by atoms with Crippen LogP contribution in [0.25, 0.3) is 0 Å². The number of nitrogens with zero attached hydrogens (tertiary/aromatic N) is 1. The van der Waals surface area contributed by atoms with Crippen molar-refractivity contribution in [3.05, 3.63) is 0 Å². The van der Waals surface area contributed by atoms with Crippen molar-refractivity contribution in [2.75, 3.05) is 25.4 Å². The number of hydrogen-bond acceptors (Lipinski definition) is 3. The maximum absolute atomic E-state index is 11.7. The van der Waals surface area contributed by atoms with Crippen molar-refractivity contribution in [3.8, 4) is 0 Å². The molecule has 0 aromatic rings. The minimum atomic E-state index is -2.99. The summed E-state index contributed by atoms with van der Waals surface area (Å²) >= 11 is 0. The van der Waals surface area contributed by atoms with Gasteiger partial charge in [0.25, 0.3) is 0 Å². The maximum Gasteiger partial charge on any atom is 0.214 e. The Kier molecular flexibility index (Phi) is 4.34. The third kappa shape index (κ3) is 2.93. The van der Waals surface area contributed by atoms with E-state index in [0.29, 0.717) is 31.3 Å². The van der Waals surface area contributed by atoms with E-state index in [1.54, 1.807) is 4.31 Å². The van der Waals surface area contributed by atoms with E-state index >= 15 is 0 Å². The molecule has 0 amide bonds. The normalized spacial score (nSPS) is 24.3. The van der Waals surface area contributed by atoms with E-state index < -0.39 is 10.0 Å². The summed E-state index contributed by atoms with van der Waals surface area (Å²) < 4.78 is 25.1. The summed E-state index contributed by atoms with van der Waals surface area (Å²) in [4.78, 5) is 0. The van der Waals surface area contributed by atoms with Gasteiger partial charge in [0.05, 0.1) is 5.75 Å². The molecule has 0 bridgehead atoms. The van der Waals surface area contributed by atoms with E-state index in [1.165, 1.54) is 0 Å². The van der Waals surface area contributed by atoms with E-state index in [2.05, 4.69) is 0 Å². The molecule has 1 fully saturated rings. The molecule has 0 aromatic carbocycles. The van der Waals surface area contributed by atoms with Crippen LogP contribution in [0.15, 0.2) is 0 Å². The minimum Gasteiger partial charge on any atom is -0.330 e. The molecule has 0 aromatic heterocycles. The summed E-state index contributed by atoms with van der Waals surface area (Å²) in [6.45, 7) is 3.89. The van der Waals surface area contributed by atoms with E-state index in [-0.39, 0.29) is 0 Å². The Morgan fingerprint density at radius 3 is 2.71 bits per heavy atom. The molecule has 14 heavy (non-hydrogen) atoms. The smallest absolute Gasteiger partial charge is 0.214 e. The van der Waals surface area contributed by atoms with Crippen LogP contribution in [0, 0.1) is 5.92 Å². The molecule has 1 aliphatic heterocycles. The lowest BCUT2D eigenvalue weighted by atomic mass is 10.1. The average Bonchev–Trinajstić information content (AvgIpc) is 2.63. The van der Waals surface area contributed by atoms with E-state index in [4.69, 9.17) is 5.73 Å². The molecule has 0 radical (unpaired) electrons. The van der Waals surface area contributed by atoms with Crippen molar-refractivity contribution < 1.29 is 8.42 Å². The van der Waals surface area contributed by atoms with E-state index in [1.807, 2.05) is 6.92 Å². The van der Waals surface area contributed by atoms with Crippen LogP contribution in [0.4, 0.5) is 0 Å². The van der Waals surface area contributed by atoms with Crippen LogP contribution >= 0.6 is 0 Å². The molecule has 84 valence electrons. The minimum absolute atomic E-state index is 0.292. The van der Waals surface area contributed by atoms with Crippen LogP contribution in [-0.2, 0) is 10.0 Å². The zero-order valence-corrected chi connectivity index (χ0v) is 9.59. The van der Waals surface area contributed by atoms with Gasteiger partial charge in [-0.15, -0.1) is 0 Å². The third-order valence-corrected chi connectivity index (χ3v) is 4.65. The second kappa shape index (κ2) is 5.09. The highest BCUT2D eigenvalue weighted by atomic mass is 32.2. The fourth-order valence-electron chi connectivity index (χ4n) is 1.70.